The van der Waals surface area contributed by atoms with Gasteiger partial charge in [0.1, 0.15) is 23.7 Å². The van der Waals surface area contributed by atoms with Crippen LogP contribution in [0.3, 0.4) is 0 Å². The number of benzene rings is 3. The van der Waals surface area contributed by atoms with Crippen LogP contribution in [0.4, 0.5) is 4.39 Å². The number of nitrogens with zero attached hydrogens (tertiary/aromatic N) is 1. The SMILES string of the molecule is COc1cccc(CNC(=O)C2CC(F)CN2C(=O)C(O)C(Cc2ccccc2)NC(=O)c2cccc(O)c2C)c1. The molecule has 41 heavy (non-hydrogen) atoms. The highest BCUT2D eigenvalue weighted by atomic mass is 19.1. The Bertz CT molecular complexity index is 1390. The van der Waals surface area contributed by atoms with Crippen LogP contribution in [-0.4, -0.2) is 70.8 Å². The first-order valence-corrected chi connectivity index (χ1v) is 13.3. The van der Waals surface area contributed by atoms with Gasteiger partial charge in [0.2, 0.25) is 5.91 Å². The molecule has 0 saturated carbocycles. The number of methoxy groups -OCH3 is 1. The number of ether oxygens (including phenoxy) is 1. The number of aliphatic hydroxyl groups excluding tert-OH is 1. The highest BCUT2D eigenvalue weighted by molar-refractivity contribution is 5.97. The Kier molecular flexibility index (Phi) is 9.57. The Labute approximate surface area is 237 Å². The Morgan fingerprint density at radius 1 is 1.05 bits per heavy atom. The number of carbonyl (C=O) groups excluding carboxylic acids is 3. The maximum atomic E-state index is 14.6. The molecule has 0 spiro atoms. The molecule has 3 aromatic rings. The summed E-state index contributed by atoms with van der Waals surface area (Å²) in [6.07, 6.45) is -3.33. The van der Waals surface area contributed by atoms with Crippen molar-refractivity contribution in [3.63, 3.8) is 0 Å². The summed E-state index contributed by atoms with van der Waals surface area (Å²) in [4.78, 5) is 40.8. The van der Waals surface area contributed by atoms with Crippen LogP contribution in [0.5, 0.6) is 11.5 Å². The van der Waals surface area contributed by atoms with Crippen LogP contribution in [-0.2, 0) is 22.6 Å². The number of phenols is 1. The van der Waals surface area contributed by atoms with E-state index in [1.165, 1.54) is 25.3 Å². The summed E-state index contributed by atoms with van der Waals surface area (Å²) >= 11 is 0. The van der Waals surface area contributed by atoms with Gasteiger partial charge in [-0.1, -0.05) is 48.5 Å². The molecule has 1 heterocycles. The Hall–Kier alpha value is -4.44. The van der Waals surface area contributed by atoms with Gasteiger partial charge < -0.3 is 30.5 Å². The van der Waals surface area contributed by atoms with Crippen molar-refractivity contribution in [2.45, 2.75) is 50.7 Å². The zero-order chi connectivity index (χ0) is 29.5. The van der Waals surface area contributed by atoms with Gasteiger partial charge in [-0.05, 0) is 48.7 Å². The minimum absolute atomic E-state index is 0.0669. The number of carbonyl (C=O) groups is 3. The molecular weight excluding hydrogens is 529 g/mol. The van der Waals surface area contributed by atoms with E-state index in [-0.39, 0.29) is 37.2 Å². The fraction of sp³-hybridized carbons (Fsp3) is 0.323. The Balaban J connectivity index is 1.51. The van der Waals surface area contributed by atoms with Crippen molar-refractivity contribution in [1.29, 1.82) is 0 Å². The number of rotatable bonds is 10. The predicted octanol–water partition coefficient (Wildman–Crippen LogP) is 2.67. The summed E-state index contributed by atoms with van der Waals surface area (Å²) in [5.41, 5.74) is 2.03. The van der Waals surface area contributed by atoms with Crippen molar-refractivity contribution >= 4 is 17.7 Å². The van der Waals surface area contributed by atoms with Crippen molar-refractivity contribution in [2.75, 3.05) is 13.7 Å². The van der Waals surface area contributed by atoms with Gasteiger partial charge in [-0.3, -0.25) is 14.4 Å². The van der Waals surface area contributed by atoms with E-state index in [1.807, 2.05) is 6.07 Å². The van der Waals surface area contributed by atoms with E-state index in [1.54, 1.807) is 55.5 Å². The van der Waals surface area contributed by atoms with Crippen LogP contribution in [0.25, 0.3) is 0 Å². The summed E-state index contributed by atoms with van der Waals surface area (Å²) in [5.74, 6) is -1.45. The number of amides is 3. The molecular formula is C31H34FN3O6. The molecule has 0 aliphatic carbocycles. The zero-order valence-electron chi connectivity index (χ0n) is 22.9. The third-order valence-corrected chi connectivity index (χ3v) is 7.24. The number of alkyl halides is 1. The highest BCUT2D eigenvalue weighted by Crippen LogP contribution is 2.24. The molecule has 216 valence electrons. The molecule has 1 saturated heterocycles. The fourth-order valence-electron chi connectivity index (χ4n) is 4.93. The molecule has 0 radical (unpaired) electrons. The lowest BCUT2D eigenvalue weighted by atomic mass is 9.98. The van der Waals surface area contributed by atoms with E-state index in [2.05, 4.69) is 10.6 Å². The molecule has 0 aromatic heterocycles. The standard InChI is InChI=1S/C31H34FN3O6/c1-19-24(12-7-13-27(19)36)29(38)34-25(15-20-8-4-3-5-9-20)28(37)31(40)35-18-22(32)16-26(35)30(39)33-17-21-10-6-11-23(14-21)41-2/h3-14,22,25-26,28,36-37H,15-18H2,1-2H3,(H,33,39)(H,34,38). The minimum Gasteiger partial charge on any atom is -0.508 e. The smallest absolute Gasteiger partial charge is 0.254 e. The van der Waals surface area contributed by atoms with E-state index in [4.69, 9.17) is 4.74 Å². The third kappa shape index (κ3) is 7.20. The summed E-state index contributed by atoms with van der Waals surface area (Å²) in [6, 6.07) is 18.3. The zero-order valence-corrected chi connectivity index (χ0v) is 22.9. The van der Waals surface area contributed by atoms with E-state index < -0.39 is 42.1 Å². The first kappa shape index (κ1) is 29.5. The maximum Gasteiger partial charge on any atom is 0.254 e. The van der Waals surface area contributed by atoms with Gasteiger partial charge in [0.15, 0.2) is 6.10 Å². The summed E-state index contributed by atoms with van der Waals surface area (Å²) in [7, 11) is 1.53. The normalized spacial score (nSPS) is 17.9. The first-order chi connectivity index (χ1) is 19.7. The second kappa shape index (κ2) is 13.3. The molecule has 3 amide bonds. The summed E-state index contributed by atoms with van der Waals surface area (Å²) < 4.78 is 19.8. The lowest BCUT2D eigenvalue weighted by molar-refractivity contribution is -0.146. The molecule has 9 nitrogen and oxygen atoms in total. The van der Waals surface area contributed by atoms with Crippen molar-refractivity contribution in [3.05, 3.63) is 95.1 Å². The second-order valence-corrected chi connectivity index (χ2v) is 10.1. The molecule has 4 rings (SSSR count). The van der Waals surface area contributed by atoms with Crippen molar-refractivity contribution in [1.82, 2.24) is 15.5 Å². The topological polar surface area (TPSA) is 128 Å². The summed E-state index contributed by atoms with van der Waals surface area (Å²) in [6.45, 7) is 1.37. The second-order valence-electron chi connectivity index (χ2n) is 10.1. The van der Waals surface area contributed by atoms with Gasteiger partial charge >= 0.3 is 0 Å². The van der Waals surface area contributed by atoms with Gasteiger partial charge in [0, 0.05) is 24.1 Å². The Morgan fingerprint density at radius 3 is 2.49 bits per heavy atom. The number of hydrogen-bond acceptors (Lipinski definition) is 6. The highest BCUT2D eigenvalue weighted by Gasteiger charge is 2.43. The average molecular weight is 564 g/mol. The number of nitrogens with one attached hydrogen (secondary N) is 2. The van der Waals surface area contributed by atoms with Crippen LogP contribution in [0.15, 0.2) is 72.8 Å². The molecule has 10 heteroatoms. The van der Waals surface area contributed by atoms with Crippen molar-refractivity contribution < 1.29 is 33.7 Å². The molecule has 1 aliphatic rings. The molecule has 1 aliphatic heterocycles. The van der Waals surface area contributed by atoms with Gasteiger partial charge in [-0.15, -0.1) is 0 Å². The van der Waals surface area contributed by atoms with E-state index in [0.717, 1.165) is 16.0 Å². The first-order valence-electron chi connectivity index (χ1n) is 13.3. The van der Waals surface area contributed by atoms with E-state index in [9.17, 15) is 29.0 Å². The van der Waals surface area contributed by atoms with Gasteiger partial charge in [0.05, 0.1) is 19.7 Å². The van der Waals surface area contributed by atoms with E-state index >= 15 is 0 Å². The number of aromatic hydroxyl groups is 1. The van der Waals surface area contributed by atoms with Crippen molar-refractivity contribution in [2.24, 2.45) is 0 Å². The number of halogens is 1. The number of likely N-dealkylation sites (tertiary alicyclic amines) is 1. The van der Waals surface area contributed by atoms with Crippen LogP contribution in [0.1, 0.15) is 33.5 Å². The molecule has 0 bridgehead atoms. The molecule has 4 atom stereocenters. The van der Waals surface area contributed by atoms with Crippen LogP contribution < -0.4 is 15.4 Å². The average Bonchev–Trinajstić information content (AvgIpc) is 3.38. The number of phenolic OH excluding ortho intramolecular Hbond substituents is 1. The summed E-state index contributed by atoms with van der Waals surface area (Å²) in [5, 5.41) is 26.7. The third-order valence-electron chi connectivity index (χ3n) is 7.24. The van der Waals surface area contributed by atoms with Gasteiger partial charge in [-0.25, -0.2) is 4.39 Å². The van der Waals surface area contributed by atoms with Crippen LogP contribution in [0.2, 0.25) is 0 Å². The van der Waals surface area contributed by atoms with Crippen LogP contribution in [0, 0.1) is 6.92 Å². The van der Waals surface area contributed by atoms with Gasteiger partial charge in [-0.2, -0.15) is 0 Å². The molecule has 4 unspecified atom stereocenters. The van der Waals surface area contributed by atoms with E-state index in [0.29, 0.717) is 11.3 Å². The predicted molar refractivity (Wildman–Crippen MR) is 150 cm³/mol. The number of hydrogen-bond donors (Lipinski definition) is 4. The largest absolute Gasteiger partial charge is 0.508 e. The fourth-order valence-corrected chi connectivity index (χ4v) is 4.93. The number of aliphatic hydroxyl groups is 1. The molecule has 4 N–H and O–H groups in total. The maximum absolute atomic E-state index is 14.6. The van der Waals surface area contributed by atoms with Crippen LogP contribution >= 0.6 is 0 Å². The monoisotopic (exact) mass is 563 g/mol. The van der Waals surface area contributed by atoms with Gasteiger partial charge in [0.25, 0.3) is 11.8 Å². The lowest BCUT2D eigenvalue weighted by Crippen LogP contribution is -2.55. The lowest BCUT2D eigenvalue weighted by Gasteiger charge is -2.30. The minimum atomic E-state index is -1.77. The van der Waals surface area contributed by atoms with Crippen molar-refractivity contribution in [3.8, 4) is 11.5 Å². The quantitative estimate of drug-likeness (QED) is 0.300. The Morgan fingerprint density at radius 2 is 1.76 bits per heavy atom. The molecule has 1 fully saturated rings. The molecule has 3 aromatic carbocycles.